The number of nitrogens with zero attached hydrogens (tertiary/aromatic N) is 1. The Morgan fingerprint density at radius 3 is 2.38 bits per heavy atom. The van der Waals surface area contributed by atoms with E-state index in [2.05, 4.69) is 5.32 Å². The fourth-order valence-electron chi connectivity index (χ4n) is 2.98. The van der Waals surface area contributed by atoms with Crippen LogP contribution in [-0.2, 0) is 9.59 Å². The fourth-order valence-corrected chi connectivity index (χ4v) is 2.98. The second kappa shape index (κ2) is 5.72. The third-order valence-corrected chi connectivity index (χ3v) is 4.18. The number of carbonyl (C=O) groups is 2. The highest BCUT2D eigenvalue weighted by atomic mass is 16.2. The molecule has 0 aromatic heterocycles. The fraction of sp³-hybridized carbons (Fsp3) is 0.412. The average Bonchev–Trinajstić information content (AvgIpc) is 2.76. The summed E-state index contributed by atoms with van der Waals surface area (Å²) < 4.78 is 0. The van der Waals surface area contributed by atoms with Gasteiger partial charge in [0.05, 0.1) is 5.69 Å². The molecule has 0 atom stereocenters. The molecule has 0 radical (unpaired) electrons. The van der Waals surface area contributed by atoms with Crippen molar-refractivity contribution in [3.8, 4) is 0 Å². The van der Waals surface area contributed by atoms with E-state index < -0.39 is 0 Å². The summed E-state index contributed by atoms with van der Waals surface area (Å²) in [5.74, 6) is -0.503. The molecule has 4 heteroatoms. The summed E-state index contributed by atoms with van der Waals surface area (Å²) in [4.78, 5) is 25.8. The third-order valence-electron chi connectivity index (χ3n) is 4.18. The lowest BCUT2D eigenvalue weighted by Crippen LogP contribution is -2.37. The molecule has 1 saturated carbocycles. The Morgan fingerprint density at radius 1 is 1.05 bits per heavy atom. The predicted octanol–water partition coefficient (Wildman–Crippen LogP) is 2.67. The molecule has 2 amide bonds. The molecule has 2 aliphatic rings. The van der Waals surface area contributed by atoms with Gasteiger partial charge in [-0.15, -0.1) is 0 Å². The maximum atomic E-state index is 12.4. The van der Waals surface area contributed by atoms with Gasteiger partial charge in [-0.25, -0.2) is 4.90 Å². The molecule has 110 valence electrons. The number of hydrogen-bond donors (Lipinski definition) is 1. The van der Waals surface area contributed by atoms with Gasteiger partial charge in [0.25, 0.3) is 11.8 Å². The highest BCUT2D eigenvalue weighted by Gasteiger charge is 2.33. The summed E-state index contributed by atoms with van der Waals surface area (Å²) in [6.45, 7) is 1.98. The average molecular weight is 284 g/mol. The molecule has 1 heterocycles. The van der Waals surface area contributed by atoms with Crippen molar-refractivity contribution in [1.29, 1.82) is 0 Å². The van der Waals surface area contributed by atoms with Crippen molar-refractivity contribution in [2.45, 2.75) is 45.1 Å². The van der Waals surface area contributed by atoms with Gasteiger partial charge in [-0.3, -0.25) is 9.59 Å². The van der Waals surface area contributed by atoms with Gasteiger partial charge < -0.3 is 5.32 Å². The summed E-state index contributed by atoms with van der Waals surface area (Å²) in [7, 11) is 0. The summed E-state index contributed by atoms with van der Waals surface area (Å²) >= 11 is 0. The van der Waals surface area contributed by atoms with Crippen molar-refractivity contribution in [2.75, 3.05) is 4.90 Å². The van der Waals surface area contributed by atoms with Gasteiger partial charge in [-0.1, -0.05) is 37.0 Å². The van der Waals surface area contributed by atoms with E-state index in [0.29, 0.717) is 17.4 Å². The normalized spacial score (nSPS) is 19.9. The molecule has 21 heavy (non-hydrogen) atoms. The van der Waals surface area contributed by atoms with Gasteiger partial charge in [-0.2, -0.15) is 0 Å². The van der Waals surface area contributed by atoms with E-state index in [1.54, 1.807) is 0 Å². The van der Waals surface area contributed by atoms with Crippen molar-refractivity contribution in [2.24, 2.45) is 0 Å². The Hall–Kier alpha value is -2.10. The Balaban J connectivity index is 1.74. The highest BCUT2D eigenvalue weighted by molar-refractivity contribution is 6.30. The summed E-state index contributed by atoms with van der Waals surface area (Å²) in [5.41, 5.74) is 2.17. The molecule has 3 rings (SSSR count). The van der Waals surface area contributed by atoms with Crippen LogP contribution >= 0.6 is 0 Å². The quantitative estimate of drug-likeness (QED) is 0.868. The van der Waals surface area contributed by atoms with E-state index in [-0.39, 0.29) is 11.8 Å². The van der Waals surface area contributed by atoms with Gasteiger partial charge in [0.2, 0.25) is 0 Å². The Kier molecular flexibility index (Phi) is 3.78. The lowest BCUT2D eigenvalue weighted by atomic mass is 9.95. The zero-order valence-corrected chi connectivity index (χ0v) is 12.3. The van der Waals surface area contributed by atoms with Crippen LogP contribution in [-0.4, -0.2) is 17.9 Å². The first-order valence-electron chi connectivity index (χ1n) is 7.58. The molecule has 1 N–H and O–H groups in total. The van der Waals surface area contributed by atoms with Crippen molar-refractivity contribution >= 4 is 17.5 Å². The van der Waals surface area contributed by atoms with Crippen molar-refractivity contribution < 1.29 is 9.59 Å². The highest BCUT2D eigenvalue weighted by Crippen LogP contribution is 2.24. The molecular formula is C17H20N2O2. The van der Waals surface area contributed by atoms with Crippen LogP contribution in [0.5, 0.6) is 0 Å². The number of hydrogen-bond acceptors (Lipinski definition) is 3. The molecule has 1 aromatic rings. The number of amides is 2. The Labute approximate surface area is 124 Å². The van der Waals surface area contributed by atoms with E-state index in [1.807, 2.05) is 31.2 Å². The minimum atomic E-state index is -0.262. The van der Waals surface area contributed by atoms with Gasteiger partial charge in [-0.05, 0) is 31.9 Å². The SMILES string of the molecule is Cc1ccc(N2C(=O)C=C(NC3CCCCC3)C2=O)cc1. The van der Waals surface area contributed by atoms with E-state index in [0.717, 1.165) is 18.4 Å². The first kappa shape index (κ1) is 13.9. The Morgan fingerprint density at radius 2 is 1.71 bits per heavy atom. The maximum Gasteiger partial charge on any atom is 0.281 e. The van der Waals surface area contributed by atoms with Gasteiger partial charge in [0, 0.05) is 12.1 Å². The number of nitrogens with one attached hydrogen (secondary N) is 1. The lowest BCUT2D eigenvalue weighted by molar-refractivity contribution is -0.120. The molecule has 0 bridgehead atoms. The number of anilines is 1. The van der Waals surface area contributed by atoms with Crippen LogP contribution in [0.25, 0.3) is 0 Å². The van der Waals surface area contributed by atoms with Gasteiger partial charge in [0.15, 0.2) is 0 Å². The minimum Gasteiger partial charge on any atom is -0.378 e. The standard InChI is InChI=1S/C17H20N2O2/c1-12-7-9-14(10-8-12)19-16(20)11-15(17(19)21)18-13-5-3-2-4-6-13/h7-11,13,18H,2-6H2,1H3. The predicted molar refractivity (Wildman–Crippen MR) is 81.8 cm³/mol. The maximum absolute atomic E-state index is 12.4. The largest absolute Gasteiger partial charge is 0.378 e. The van der Waals surface area contributed by atoms with E-state index in [1.165, 1.54) is 30.2 Å². The van der Waals surface area contributed by atoms with Crippen LogP contribution in [0.3, 0.4) is 0 Å². The molecule has 1 fully saturated rings. The third kappa shape index (κ3) is 2.84. The number of rotatable bonds is 3. The topological polar surface area (TPSA) is 49.4 Å². The minimum absolute atomic E-state index is 0.241. The molecule has 0 unspecified atom stereocenters. The van der Waals surface area contributed by atoms with E-state index in [4.69, 9.17) is 0 Å². The summed E-state index contributed by atoms with van der Waals surface area (Å²) in [5, 5.41) is 3.26. The van der Waals surface area contributed by atoms with Crippen LogP contribution in [0, 0.1) is 6.92 Å². The zero-order chi connectivity index (χ0) is 14.8. The molecule has 1 aliphatic carbocycles. The first-order chi connectivity index (χ1) is 10.1. The molecule has 1 aliphatic heterocycles. The molecule has 0 saturated heterocycles. The van der Waals surface area contributed by atoms with Gasteiger partial charge in [0.1, 0.15) is 5.70 Å². The summed E-state index contributed by atoms with van der Waals surface area (Å²) in [6, 6.07) is 7.75. The van der Waals surface area contributed by atoms with E-state index in [9.17, 15) is 9.59 Å². The molecular weight excluding hydrogens is 264 g/mol. The van der Waals surface area contributed by atoms with Crippen LogP contribution in [0.2, 0.25) is 0 Å². The molecule has 0 spiro atoms. The number of carbonyl (C=O) groups excluding carboxylic acids is 2. The van der Waals surface area contributed by atoms with Gasteiger partial charge >= 0.3 is 0 Å². The number of imide groups is 1. The smallest absolute Gasteiger partial charge is 0.281 e. The van der Waals surface area contributed by atoms with Crippen LogP contribution < -0.4 is 10.2 Å². The van der Waals surface area contributed by atoms with Crippen molar-refractivity contribution in [3.63, 3.8) is 0 Å². The Bertz CT molecular complexity index is 583. The van der Waals surface area contributed by atoms with Crippen molar-refractivity contribution in [3.05, 3.63) is 41.6 Å². The zero-order valence-electron chi connectivity index (χ0n) is 12.3. The van der Waals surface area contributed by atoms with Crippen LogP contribution in [0.1, 0.15) is 37.7 Å². The van der Waals surface area contributed by atoms with E-state index >= 15 is 0 Å². The molecule has 1 aromatic carbocycles. The molecule has 4 nitrogen and oxygen atoms in total. The first-order valence-corrected chi connectivity index (χ1v) is 7.58. The summed E-state index contributed by atoms with van der Waals surface area (Å²) in [6.07, 6.45) is 7.21. The van der Waals surface area contributed by atoms with Crippen LogP contribution in [0.4, 0.5) is 5.69 Å². The second-order valence-electron chi connectivity index (χ2n) is 5.85. The lowest BCUT2D eigenvalue weighted by Gasteiger charge is -2.24. The second-order valence-corrected chi connectivity index (χ2v) is 5.85. The monoisotopic (exact) mass is 284 g/mol. The number of benzene rings is 1. The van der Waals surface area contributed by atoms with Crippen molar-refractivity contribution in [1.82, 2.24) is 5.32 Å². The van der Waals surface area contributed by atoms with Crippen LogP contribution in [0.15, 0.2) is 36.0 Å². The number of aryl methyl sites for hydroxylation is 1.